The first-order valence-corrected chi connectivity index (χ1v) is 7.61. The predicted octanol–water partition coefficient (Wildman–Crippen LogP) is 1.55. The van der Waals surface area contributed by atoms with E-state index in [4.69, 9.17) is 10.5 Å². The van der Waals surface area contributed by atoms with Crippen molar-refractivity contribution >= 4 is 0 Å². The van der Waals surface area contributed by atoms with Gasteiger partial charge in [0.05, 0.1) is 6.61 Å². The molecule has 1 aliphatic rings. The molecule has 0 bridgehead atoms. The summed E-state index contributed by atoms with van der Waals surface area (Å²) in [4.78, 5) is 4.95. The van der Waals surface area contributed by atoms with Gasteiger partial charge in [-0.15, -0.1) is 0 Å². The van der Waals surface area contributed by atoms with Gasteiger partial charge in [-0.3, -0.25) is 0 Å². The summed E-state index contributed by atoms with van der Waals surface area (Å²) in [5.41, 5.74) is 6.80. The lowest BCUT2D eigenvalue weighted by Gasteiger charge is -2.20. The van der Waals surface area contributed by atoms with Gasteiger partial charge in [0.2, 0.25) is 0 Å². The van der Waals surface area contributed by atoms with E-state index < -0.39 is 0 Å². The molecule has 0 amide bonds. The van der Waals surface area contributed by atoms with Crippen LogP contribution in [0.15, 0.2) is 24.3 Å². The summed E-state index contributed by atoms with van der Waals surface area (Å²) in [6.07, 6.45) is 2.34. The van der Waals surface area contributed by atoms with E-state index in [0.29, 0.717) is 6.54 Å². The van der Waals surface area contributed by atoms with E-state index in [9.17, 15) is 0 Å². The normalized spacial score (nSPS) is 17.9. The second kappa shape index (κ2) is 8.25. The Hall–Kier alpha value is -1.10. The van der Waals surface area contributed by atoms with E-state index in [-0.39, 0.29) is 0 Å². The second-order valence-corrected chi connectivity index (χ2v) is 5.51. The average Bonchev–Trinajstić information content (AvgIpc) is 2.69. The summed E-state index contributed by atoms with van der Waals surface area (Å²) in [6.45, 7) is 7.21. The molecule has 0 unspecified atom stereocenters. The fourth-order valence-electron chi connectivity index (χ4n) is 2.61. The van der Waals surface area contributed by atoms with Crippen LogP contribution < -0.4 is 10.5 Å². The molecule has 0 spiro atoms. The maximum Gasteiger partial charge on any atom is 0.123 e. The fraction of sp³-hybridized carbons (Fsp3) is 0.625. The first-order valence-electron chi connectivity index (χ1n) is 7.61. The number of nitrogens with zero attached hydrogens (tertiary/aromatic N) is 2. The number of likely N-dealkylation sites (N-methyl/N-ethyl adjacent to an activating group) is 1. The van der Waals surface area contributed by atoms with Crippen molar-refractivity contribution in [1.82, 2.24) is 9.80 Å². The topological polar surface area (TPSA) is 41.7 Å². The Labute approximate surface area is 122 Å². The molecule has 0 aromatic heterocycles. The summed E-state index contributed by atoms with van der Waals surface area (Å²) < 4.78 is 5.85. The molecule has 0 atom stereocenters. The molecule has 4 heteroatoms. The Morgan fingerprint density at radius 2 is 2.00 bits per heavy atom. The van der Waals surface area contributed by atoms with Crippen molar-refractivity contribution in [3.05, 3.63) is 29.8 Å². The van der Waals surface area contributed by atoms with Crippen LogP contribution >= 0.6 is 0 Å². The Balaban J connectivity index is 1.68. The molecule has 1 aromatic rings. The highest BCUT2D eigenvalue weighted by Crippen LogP contribution is 2.17. The molecule has 0 saturated carbocycles. The molecule has 1 aliphatic heterocycles. The van der Waals surface area contributed by atoms with Crippen LogP contribution in [-0.4, -0.2) is 56.2 Å². The average molecular weight is 277 g/mol. The largest absolute Gasteiger partial charge is 0.493 e. The summed E-state index contributed by atoms with van der Waals surface area (Å²) in [5, 5.41) is 0. The molecule has 20 heavy (non-hydrogen) atoms. The van der Waals surface area contributed by atoms with Crippen molar-refractivity contribution in [1.29, 1.82) is 0 Å². The number of ether oxygens (including phenoxy) is 1. The fourth-order valence-corrected chi connectivity index (χ4v) is 2.61. The molecule has 1 heterocycles. The van der Waals surface area contributed by atoms with Crippen LogP contribution in [0.3, 0.4) is 0 Å². The molecule has 0 aliphatic carbocycles. The number of rotatable bonds is 6. The third-order valence-corrected chi connectivity index (χ3v) is 3.88. The number of nitrogens with two attached hydrogens (primary N) is 1. The van der Waals surface area contributed by atoms with Gasteiger partial charge in [-0.25, -0.2) is 0 Å². The number of hydrogen-bond acceptors (Lipinski definition) is 4. The van der Waals surface area contributed by atoms with Gasteiger partial charge in [0.25, 0.3) is 0 Å². The molecule has 0 radical (unpaired) electrons. The van der Waals surface area contributed by atoms with Gasteiger partial charge in [0, 0.05) is 31.7 Å². The molecule has 1 saturated heterocycles. The van der Waals surface area contributed by atoms with Crippen LogP contribution in [0.2, 0.25) is 0 Å². The third kappa shape index (κ3) is 4.78. The summed E-state index contributed by atoms with van der Waals surface area (Å²) in [6, 6.07) is 8.03. The number of hydrogen-bond donors (Lipinski definition) is 1. The summed E-state index contributed by atoms with van der Waals surface area (Å²) >= 11 is 0. The lowest BCUT2D eigenvalue weighted by molar-refractivity contribution is 0.237. The van der Waals surface area contributed by atoms with Gasteiger partial charge < -0.3 is 20.3 Å². The third-order valence-electron chi connectivity index (χ3n) is 3.88. The van der Waals surface area contributed by atoms with Gasteiger partial charge in [-0.1, -0.05) is 18.2 Å². The van der Waals surface area contributed by atoms with E-state index in [1.165, 1.54) is 32.6 Å². The van der Waals surface area contributed by atoms with Crippen LogP contribution in [0, 0.1) is 0 Å². The van der Waals surface area contributed by atoms with Crippen molar-refractivity contribution in [3.8, 4) is 5.75 Å². The molecule has 2 N–H and O–H groups in total. The zero-order chi connectivity index (χ0) is 14.2. The van der Waals surface area contributed by atoms with Crippen LogP contribution in [-0.2, 0) is 6.54 Å². The quantitative estimate of drug-likeness (QED) is 0.801. The van der Waals surface area contributed by atoms with Gasteiger partial charge in [0.1, 0.15) is 5.75 Å². The molecule has 2 rings (SSSR count). The van der Waals surface area contributed by atoms with Crippen molar-refractivity contribution in [3.63, 3.8) is 0 Å². The first-order chi connectivity index (χ1) is 9.79. The maximum absolute atomic E-state index is 5.85. The van der Waals surface area contributed by atoms with E-state index >= 15 is 0 Å². The van der Waals surface area contributed by atoms with Crippen molar-refractivity contribution in [2.75, 3.05) is 46.4 Å². The van der Waals surface area contributed by atoms with Gasteiger partial charge in [-0.2, -0.15) is 0 Å². The van der Waals surface area contributed by atoms with E-state index in [2.05, 4.69) is 16.8 Å². The Morgan fingerprint density at radius 1 is 1.15 bits per heavy atom. The van der Waals surface area contributed by atoms with Crippen LogP contribution in [0.25, 0.3) is 0 Å². The zero-order valence-electron chi connectivity index (χ0n) is 12.6. The minimum atomic E-state index is 0.536. The van der Waals surface area contributed by atoms with Crippen LogP contribution in [0.5, 0.6) is 5.75 Å². The van der Waals surface area contributed by atoms with Crippen LogP contribution in [0.4, 0.5) is 0 Å². The molecule has 1 fully saturated rings. The minimum Gasteiger partial charge on any atom is -0.493 e. The second-order valence-electron chi connectivity index (χ2n) is 5.51. The standard InChI is InChI=1S/C16H27N3O/c1-18-8-4-9-19(12-11-18)10-5-13-20-16-7-3-2-6-15(16)14-17/h2-3,6-7H,4-5,8-14,17H2,1H3. The van der Waals surface area contributed by atoms with Gasteiger partial charge >= 0.3 is 0 Å². The summed E-state index contributed by atoms with van der Waals surface area (Å²) in [7, 11) is 2.20. The monoisotopic (exact) mass is 277 g/mol. The van der Waals surface area contributed by atoms with Crippen molar-refractivity contribution in [2.45, 2.75) is 19.4 Å². The SMILES string of the molecule is CN1CCCN(CCCOc2ccccc2CN)CC1. The van der Waals surface area contributed by atoms with E-state index in [0.717, 1.165) is 30.9 Å². The number of benzene rings is 1. The van der Waals surface area contributed by atoms with E-state index in [1.54, 1.807) is 0 Å². The predicted molar refractivity (Wildman–Crippen MR) is 83.0 cm³/mol. The molecule has 1 aromatic carbocycles. The molecular formula is C16H27N3O. The maximum atomic E-state index is 5.85. The molecule has 112 valence electrons. The Bertz CT molecular complexity index is 397. The Morgan fingerprint density at radius 3 is 2.85 bits per heavy atom. The highest BCUT2D eigenvalue weighted by molar-refractivity contribution is 5.32. The van der Waals surface area contributed by atoms with Crippen molar-refractivity contribution in [2.24, 2.45) is 5.73 Å². The summed E-state index contributed by atoms with van der Waals surface area (Å²) in [5.74, 6) is 0.936. The molecule has 4 nitrogen and oxygen atoms in total. The molecular weight excluding hydrogens is 250 g/mol. The highest BCUT2D eigenvalue weighted by Gasteiger charge is 2.11. The van der Waals surface area contributed by atoms with Crippen LogP contribution in [0.1, 0.15) is 18.4 Å². The number of para-hydroxylation sites is 1. The van der Waals surface area contributed by atoms with Gasteiger partial charge in [0.15, 0.2) is 0 Å². The smallest absolute Gasteiger partial charge is 0.123 e. The zero-order valence-corrected chi connectivity index (χ0v) is 12.6. The van der Waals surface area contributed by atoms with Crippen molar-refractivity contribution < 1.29 is 4.74 Å². The van der Waals surface area contributed by atoms with E-state index in [1.807, 2.05) is 24.3 Å². The first kappa shape index (κ1) is 15.3. The Kier molecular flexibility index (Phi) is 6.30. The lowest BCUT2D eigenvalue weighted by atomic mass is 10.2. The highest BCUT2D eigenvalue weighted by atomic mass is 16.5. The lowest BCUT2D eigenvalue weighted by Crippen LogP contribution is -2.30. The minimum absolute atomic E-state index is 0.536. The van der Waals surface area contributed by atoms with Gasteiger partial charge in [-0.05, 0) is 39.0 Å².